The van der Waals surface area contributed by atoms with Crippen molar-refractivity contribution in [1.29, 1.82) is 5.26 Å². The quantitative estimate of drug-likeness (QED) is 0.742. The van der Waals surface area contributed by atoms with Gasteiger partial charge in [0.25, 0.3) is 0 Å². The summed E-state index contributed by atoms with van der Waals surface area (Å²) in [5, 5.41) is 11.8. The van der Waals surface area contributed by atoms with Crippen molar-refractivity contribution >= 4 is 5.91 Å². The highest BCUT2D eigenvalue weighted by Crippen LogP contribution is 2.45. The molecule has 0 aromatic rings. The molecule has 0 heterocycles. The molecule has 1 atom stereocenters. The van der Waals surface area contributed by atoms with Crippen LogP contribution in [0.3, 0.4) is 0 Å². The van der Waals surface area contributed by atoms with Crippen molar-refractivity contribution in [2.75, 3.05) is 0 Å². The van der Waals surface area contributed by atoms with Gasteiger partial charge in [-0.1, -0.05) is 20.8 Å². The van der Waals surface area contributed by atoms with E-state index in [1.54, 1.807) is 0 Å². The van der Waals surface area contributed by atoms with Crippen LogP contribution in [0, 0.1) is 22.7 Å². The van der Waals surface area contributed by atoms with Crippen molar-refractivity contribution in [3.05, 3.63) is 0 Å². The van der Waals surface area contributed by atoms with Crippen LogP contribution in [0.25, 0.3) is 0 Å². The third-order valence-electron chi connectivity index (χ3n) is 2.96. The molecule has 0 aromatic heterocycles. The Bertz CT molecular complexity index is 261. The number of nitriles is 1. The van der Waals surface area contributed by atoms with Gasteiger partial charge in [-0.2, -0.15) is 5.26 Å². The van der Waals surface area contributed by atoms with Gasteiger partial charge in [0, 0.05) is 6.04 Å². The number of hydrogen-bond donors (Lipinski definition) is 1. The number of carbonyl (C=O) groups excluding carboxylic acids is 1. The van der Waals surface area contributed by atoms with Crippen LogP contribution in [-0.4, -0.2) is 11.9 Å². The van der Waals surface area contributed by atoms with E-state index in [-0.39, 0.29) is 11.9 Å². The fourth-order valence-corrected chi connectivity index (χ4v) is 1.56. The van der Waals surface area contributed by atoms with Crippen molar-refractivity contribution in [3.8, 4) is 6.07 Å². The van der Waals surface area contributed by atoms with E-state index in [0.717, 1.165) is 19.3 Å². The average molecular weight is 194 g/mol. The first-order valence-electron chi connectivity index (χ1n) is 5.28. The maximum absolute atomic E-state index is 11.7. The Kier molecular flexibility index (Phi) is 3.15. The molecule has 0 aliphatic heterocycles. The van der Waals surface area contributed by atoms with Crippen molar-refractivity contribution in [2.45, 2.75) is 46.1 Å². The number of nitrogens with zero attached hydrogens (tertiary/aromatic N) is 1. The molecular formula is C11H18N2O. The Morgan fingerprint density at radius 3 is 2.43 bits per heavy atom. The van der Waals surface area contributed by atoms with E-state index < -0.39 is 5.41 Å². The van der Waals surface area contributed by atoms with Gasteiger partial charge in [-0.25, -0.2) is 0 Å². The zero-order valence-electron chi connectivity index (χ0n) is 9.13. The maximum atomic E-state index is 11.7. The first-order valence-corrected chi connectivity index (χ1v) is 5.28. The standard InChI is InChI=1S/C11H18N2O/c1-4-9(8(2)3)13-10(14)11(7-12)5-6-11/h8-9H,4-6H2,1-3H3,(H,13,14). The smallest absolute Gasteiger partial charge is 0.240 e. The van der Waals surface area contributed by atoms with E-state index in [9.17, 15) is 4.79 Å². The molecular weight excluding hydrogens is 176 g/mol. The molecule has 1 fully saturated rings. The summed E-state index contributed by atoms with van der Waals surface area (Å²) in [7, 11) is 0. The Morgan fingerprint density at radius 1 is 1.57 bits per heavy atom. The predicted octanol–water partition coefficient (Wildman–Crippen LogP) is 1.84. The second kappa shape index (κ2) is 4.00. The van der Waals surface area contributed by atoms with E-state index in [1.807, 2.05) is 0 Å². The molecule has 3 heteroatoms. The molecule has 78 valence electrons. The molecule has 1 rings (SSSR count). The summed E-state index contributed by atoms with van der Waals surface area (Å²) >= 11 is 0. The maximum Gasteiger partial charge on any atom is 0.240 e. The number of amides is 1. The first kappa shape index (κ1) is 11.0. The average Bonchev–Trinajstić information content (AvgIpc) is 2.93. The molecule has 0 aromatic carbocycles. The van der Waals surface area contributed by atoms with Crippen LogP contribution < -0.4 is 5.32 Å². The molecule has 1 N–H and O–H groups in total. The Labute approximate surface area is 85.5 Å². The number of hydrogen-bond acceptors (Lipinski definition) is 2. The number of carbonyl (C=O) groups is 1. The minimum atomic E-state index is -0.678. The second-order valence-electron chi connectivity index (χ2n) is 4.43. The van der Waals surface area contributed by atoms with Crippen LogP contribution >= 0.6 is 0 Å². The zero-order chi connectivity index (χ0) is 10.8. The van der Waals surface area contributed by atoms with Crippen molar-refractivity contribution in [3.63, 3.8) is 0 Å². The lowest BCUT2D eigenvalue weighted by Gasteiger charge is -2.21. The second-order valence-corrected chi connectivity index (χ2v) is 4.43. The molecule has 0 bridgehead atoms. The van der Waals surface area contributed by atoms with Gasteiger partial charge in [0.05, 0.1) is 6.07 Å². The van der Waals surface area contributed by atoms with E-state index in [4.69, 9.17) is 5.26 Å². The molecule has 3 nitrogen and oxygen atoms in total. The van der Waals surface area contributed by atoms with Gasteiger partial charge in [0.15, 0.2) is 0 Å². The van der Waals surface area contributed by atoms with Gasteiger partial charge in [0.1, 0.15) is 5.41 Å². The monoisotopic (exact) mass is 194 g/mol. The van der Waals surface area contributed by atoms with Gasteiger partial charge < -0.3 is 5.32 Å². The summed E-state index contributed by atoms with van der Waals surface area (Å²) in [5.41, 5.74) is -0.678. The van der Waals surface area contributed by atoms with Crippen molar-refractivity contribution < 1.29 is 4.79 Å². The number of nitrogens with one attached hydrogen (secondary N) is 1. The van der Waals surface area contributed by atoms with E-state index in [2.05, 4.69) is 32.2 Å². The zero-order valence-corrected chi connectivity index (χ0v) is 9.13. The Morgan fingerprint density at radius 2 is 2.14 bits per heavy atom. The fraction of sp³-hybridized carbons (Fsp3) is 0.818. The molecule has 1 saturated carbocycles. The molecule has 1 aliphatic carbocycles. The van der Waals surface area contributed by atoms with Crippen LogP contribution in [0.2, 0.25) is 0 Å². The van der Waals surface area contributed by atoms with E-state index in [0.29, 0.717) is 5.92 Å². The molecule has 0 radical (unpaired) electrons. The Balaban J connectivity index is 2.52. The largest absolute Gasteiger partial charge is 0.352 e. The summed E-state index contributed by atoms with van der Waals surface area (Å²) in [6, 6.07) is 2.31. The van der Waals surface area contributed by atoms with Crippen LogP contribution in [0.4, 0.5) is 0 Å². The highest BCUT2D eigenvalue weighted by Gasteiger charge is 2.51. The molecule has 1 aliphatic rings. The Hall–Kier alpha value is -1.04. The lowest BCUT2D eigenvalue weighted by Crippen LogP contribution is -2.41. The summed E-state index contributed by atoms with van der Waals surface area (Å²) < 4.78 is 0. The van der Waals surface area contributed by atoms with Gasteiger partial charge in [-0.15, -0.1) is 0 Å². The predicted molar refractivity (Wildman–Crippen MR) is 54.3 cm³/mol. The highest BCUT2D eigenvalue weighted by molar-refractivity contribution is 5.88. The van der Waals surface area contributed by atoms with Crippen molar-refractivity contribution in [1.82, 2.24) is 5.32 Å². The van der Waals surface area contributed by atoms with Crippen LogP contribution in [0.1, 0.15) is 40.0 Å². The summed E-state index contributed by atoms with van der Waals surface area (Å²) in [6.45, 7) is 6.22. The van der Waals surface area contributed by atoms with Crippen molar-refractivity contribution in [2.24, 2.45) is 11.3 Å². The molecule has 0 spiro atoms. The molecule has 14 heavy (non-hydrogen) atoms. The van der Waals surface area contributed by atoms with Gasteiger partial charge >= 0.3 is 0 Å². The van der Waals surface area contributed by atoms with Gasteiger partial charge in [-0.3, -0.25) is 4.79 Å². The van der Waals surface area contributed by atoms with E-state index in [1.165, 1.54) is 0 Å². The van der Waals surface area contributed by atoms with Crippen LogP contribution in [-0.2, 0) is 4.79 Å². The van der Waals surface area contributed by atoms with Crippen LogP contribution in [0.15, 0.2) is 0 Å². The normalized spacial score (nSPS) is 19.9. The molecule has 0 saturated heterocycles. The fourth-order valence-electron chi connectivity index (χ4n) is 1.56. The van der Waals surface area contributed by atoms with Gasteiger partial charge in [0.2, 0.25) is 5.91 Å². The third-order valence-corrected chi connectivity index (χ3v) is 2.96. The lowest BCUT2D eigenvalue weighted by molar-refractivity contribution is -0.125. The SMILES string of the molecule is CCC(NC(=O)C1(C#N)CC1)C(C)C. The highest BCUT2D eigenvalue weighted by atomic mass is 16.2. The topological polar surface area (TPSA) is 52.9 Å². The first-order chi connectivity index (χ1) is 6.55. The summed E-state index contributed by atoms with van der Waals surface area (Å²) in [5.74, 6) is 0.360. The molecule has 1 unspecified atom stereocenters. The van der Waals surface area contributed by atoms with E-state index >= 15 is 0 Å². The lowest BCUT2D eigenvalue weighted by atomic mass is 10.00. The van der Waals surface area contributed by atoms with Crippen LogP contribution in [0.5, 0.6) is 0 Å². The minimum absolute atomic E-state index is 0.0689. The molecule has 1 amide bonds. The third kappa shape index (κ3) is 2.06. The van der Waals surface area contributed by atoms with Gasteiger partial charge in [-0.05, 0) is 25.2 Å². The minimum Gasteiger partial charge on any atom is -0.352 e. The summed E-state index contributed by atoms with van der Waals surface area (Å²) in [4.78, 5) is 11.7. The summed E-state index contributed by atoms with van der Waals surface area (Å²) in [6.07, 6.45) is 2.37. The number of rotatable bonds is 4.